The van der Waals surface area contributed by atoms with Crippen LogP contribution in [-0.4, -0.2) is 101 Å². The van der Waals surface area contributed by atoms with Crippen LogP contribution in [0.25, 0.3) is 0 Å². The minimum Gasteiger partial charge on any atom is -0.450 e. The SMILES string of the molecule is Cc1ccc(S[C@@H]2O[C@H](COCc3ccccc3)[C@@H](O[C@@H]3O[C@H](COCc4ccccc4)[C@H](OCc4ccccc4)[C@H](OCc4ccccc4)[C@H]3OC(=O)c3ccccc3)[C@H](O)[C@H]2NC(=O)OCC(Cl)(Cl)Cl)cc1. The number of thioether (sulfide) groups is 1. The number of alkyl halides is 3. The fourth-order valence-electron chi connectivity index (χ4n) is 8.38. The van der Waals surface area contributed by atoms with E-state index >= 15 is 0 Å². The number of aliphatic hydroxyl groups is 1. The molecular weight excluding hydrogens is 1030 g/mol. The van der Waals surface area contributed by atoms with Crippen molar-refractivity contribution in [1.29, 1.82) is 0 Å². The highest BCUT2D eigenvalue weighted by molar-refractivity contribution is 7.99. The van der Waals surface area contributed by atoms with Crippen molar-refractivity contribution >= 4 is 58.6 Å². The molecule has 0 aliphatic carbocycles. The summed E-state index contributed by atoms with van der Waals surface area (Å²) in [5.41, 5.74) is 3.85. The largest absolute Gasteiger partial charge is 0.450 e. The molecule has 1 amide bonds. The Morgan fingerprint density at radius 2 is 1.07 bits per heavy atom. The molecule has 6 aromatic rings. The smallest absolute Gasteiger partial charge is 0.407 e. The van der Waals surface area contributed by atoms with Crippen LogP contribution < -0.4 is 5.32 Å². The molecule has 0 radical (unpaired) electrons. The van der Waals surface area contributed by atoms with Gasteiger partial charge in [0.15, 0.2) is 12.4 Å². The first-order chi connectivity index (χ1) is 36.0. The Hall–Kier alpha value is -5.04. The van der Waals surface area contributed by atoms with E-state index in [-0.39, 0.29) is 45.2 Å². The third-order valence-electron chi connectivity index (χ3n) is 12.1. The zero-order valence-electron chi connectivity index (χ0n) is 40.4. The first-order valence-electron chi connectivity index (χ1n) is 24.1. The van der Waals surface area contributed by atoms with Crippen LogP contribution in [0.1, 0.15) is 38.2 Å². The normalized spacial score (nSPS) is 23.9. The molecule has 17 heteroatoms. The van der Waals surface area contributed by atoms with Crippen molar-refractivity contribution in [2.45, 2.75) is 103 Å². The molecule has 2 aliphatic heterocycles. The van der Waals surface area contributed by atoms with E-state index in [1.165, 1.54) is 11.8 Å². The average molecular weight is 1090 g/mol. The molecule has 0 unspecified atom stereocenters. The summed E-state index contributed by atoms with van der Waals surface area (Å²) in [5, 5.41) is 15.6. The number of halogens is 3. The van der Waals surface area contributed by atoms with Gasteiger partial charge in [-0.05, 0) is 53.4 Å². The summed E-state index contributed by atoms with van der Waals surface area (Å²) in [7, 11) is 0. The van der Waals surface area contributed by atoms with Crippen molar-refractivity contribution < 1.29 is 57.3 Å². The quantitative estimate of drug-likeness (QED) is 0.0491. The van der Waals surface area contributed by atoms with Crippen LogP contribution in [0.15, 0.2) is 181 Å². The number of aryl methyl sites for hydroxylation is 1. The summed E-state index contributed by atoms with van der Waals surface area (Å²) < 4.78 is 57.1. The molecule has 0 spiro atoms. The van der Waals surface area contributed by atoms with Gasteiger partial charge in [-0.15, -0.1) is 0 Å². The van der Waals surface area contributed by atoms with Gasteiger partial charge in [0.25, 0.3) is 0 Å². The van der Waals surface area contributed by atoms with E-state index in [9.17, 15) is 14.7 Å². The third-order valence-corrected chi connectivity index (χ3v) is 13.6. The maximum atomic E-state index is 14.4. The van der Waals surface area contributed by atoms with Gasteiger partial charge >= 0.3 is 12.1 Å². The molecule has 2 N–H and O–H groups in total. The van der Waals surface area contributed by atoms with Crippen LogP contribution in [0.2, 0.25) is 0 Å². The molecule has 0 bridgehead atoms. The number of esters is 1. The van der Waals surface area contributed by atoms with E-state index in [1.54, 1.807) is 30.3 Å². The molecule has 6 aromatic carbocycles. The molecule has 2 aliphatic rings. The van der Waals surface area contributed by atoms with Crippen LogP contribution in [-0.2, 0) is 69.1 Å². The number of alkyl carbamates (subject to hydrolysis) is 1. The minimum atomic E-state index is -1.92. The maximum absolute atomic E-state index is 14.4. The van der Waals surface area contributed by atoms with Gasteiger partial charge in [0, 0.05) is 4.90 Å². The van der Waals surface area contributed by atoms with Gasteiger partial charge in [0.1, 0.15) is 48.7 Å². The molecule has 2 fully saturated rings. The fourth-order valence-corrected chi connectivity index (χ4v) is 9.68. The summed E-state index contributed by atoms with van der Waals surface area (Å²) in [6.45, 7) is 1.89. The van der Waals surface area contributed by atoms with Crippen molar-refractivity contribution in [1.82, 2.24) is 5.32 Å². The van der Waals surface area contributed by atoms with Gasteiger partial charge in [-0.3, -0.25) is 0 Å². The maximum Gasteiger partial charge on any atom is 0.407 e. The van der Waals surface area contributed by atoms with Crippen LogP contribution in [0.3, 0.4) is 0 Å². The molecule has 13 nitrogen and oxygen atoms in total. The summed E-state index contributed by atoms with van der Waals surface area (Å²) in [6, 6.07) is 53.4. The zero-order valence-corrected chi connectivity index (χ0v) is 43.5. The van der Waals surface area contributed by atoms with Crippen LogP contribution in [0, 0.1) is 6.92 Å². The monoisotopic (exact) mass is 1090 g/mol. The van der Waals surface area contributed by atoms with E-state index in [4.69, 9.17) is 77.4 Å². The second kappa shape index (κ2) is 27.7. The predicted molar refractivity (Wildman–Crippen MR) is 282 cm³/mol. The summed E-state index contributed by atoms with van der Waals surface area (Å²) in [4.78, 5) is 28.7. The Morgan fingerprint density at radius 1 is 0.595 bits per heavy atom. The predicted octanol–water partition coefficient (Wildman–Crippen LogP) is 10.6. The summed E-state index contributed by atoms with van der Waals surface area (Å²) in [6.07, 6.45) is -10.8. The highest BCUT2D eigenvalue weighted by Gasteiger charge is 2.55. The lowest BCUT2D eigenvalue weighted by Gasteiger charge is -2.49. The van der Waals surface area contributed by atoms with Gasteiger partial charge in [-0.25, -0.2) is 9.59 Å². The number of hydrogen-bond acceptors (Lipinski definition) is 13. The van der Waals surface area contributed by atoms with E-state index < -0.39 is 83.0 Å². The van der Waals surface area contributed by atoms with Gasteiger partial charge in [-0.1, -0.05) is 204 Å². The van der Waals surface area contributed by atoms with Gasteiger partial charge in [0.2, 0.25) is 3.79 Å². The van der Waals surface area contributed by atoms with E-state index in [1.807, 2.05) is 153 Å². The number of carbonyl (C=O) groups is 2. The lowest BCUT2D eigenvalue weighted by Crippen LogP contribution is -2.67. The first-order valence-corrected chi connectivity index (χ1v) is 26.2. The number of aliphatic hydroxyl groups excluding tert-OH is 1. The molecule has 10 atom stereocenters. The Labute approximate surface area is 450 Å². The standard InChI is InChI=1S/C57H58Cl3NO12S/c1-38-27-29-44(30-28-38)74-55-47(61-56(64)69-37-57(58,59)60)48(62)49(45(71-55)35-65-31-39-17-7-2-8-18-39)73-54-52(72-53(63)43-25-15-6-16-26-43)51(68-34-42-23-13-5-14-24-42)50(67-33-41-21-11-4-12-22-41)46(70-54)36-66-32-40-19-9-3-10-20-40/h2-30,45-52,54-55,62H,31-37H2,1H3,(H,61,64)/t45-,46-,47-,48-,49-,50+,51+,52-,54+,55+/m1/s1. The van der Waals surface area contributed by atoms with Crippen LogP contribution >= 0.6 is 46.6 Å². The topological polar surface area (TPSA) is 149 Å². The zero-order chi connectivity index (χ0) is 51.7. The highest BCUT2D eigenvalue weighted by atomic mass is 35.6. The van der Waals surface area contributed by atoms with Crippen molar-refractivity contribution in [2.24, 2.45) is 0 Å². The Kier molecular flexibility index (Phi) is 20.6. The number of hydrogen-bond donors (Lipinski definition) is 2. The van der Waals surface area contributed by atoms with Gasteiger partial charge in [0.05, 0.1) is 51.2 Å². The van der Waals surface area contributed by atoms with Crippen molar-refractivity contribution in [3.63, 3.8) is 0 Å². The number of ether oxygens (including phenoxy) is 9. The molecule has 390 valence electrons. The highest BCUT2D eigenvalue weighted by Crippen LogP contribution is 2.39. The number of carbonyl (C=O) groups excluding carboxylic acids is 2. The number of amides is 1. The van der Waals surface area contributed by atoms with E-state index in [0.717, 1.165) is 32.7 Å². The van der Waals surface area contributed by atoms with Crippen molar-refractivity contribution in [3.05, 3.63) is 209 Å². The Morgan fingerprint density at radius 3 is 1.58 bits per heavy atom. The fraction of sp³-hybridized carbons (Fsp3) is 0.333. The number of rotatable bonds is 22. The molecule has 0 aromatic heterocycles. The van der Waals surface area contributed by atoms with Crippen molar-refractivity contribution in [3.8, 4) is 0 Å². The number of benzene rings is 6. The van der Waals surface area contributed by atoms with Gasteiger partial charge in [-0.2, -0.15) is 0 Å². The average Bonchev–Trinajstić information content (AvgIpc) is 3.41. The Balaban J connectivity index is 1.18. The number of nitrogens with one attached hydrogen (secondary N) is 1. The van der Waals surface area contributed by atoms with Crippen LogP contribution in [0.4, 0.5) is 4.79 Å². The second-order valence-corrected chi connectivity index (χ2v) is 21.4. The van der Waals surface area contributed by atoms with Crippen LogP contribution in [0.5, 0.6) is 0 Å². The lowest BCUT2D eigenvalue weighted by atomic mass is 9.95. The molecule has 0 saturated carbocycles. The molecule has 74 heavy (non-hydrogen) atoms. The Bertz CT molecular complexity index is 2610. The minimum absolute atomic E-state index is 0.0272. The lowest BCUT2D eigenvalue weighted by molar-refractivity contribution is -0.344. The van der Waals surface area contributed by atoms with Crippen molar-refractivity contribution in [2.75, 3.05) is 19.8 Å². The molecular formula is C57H58Cl3NO12S. The summed E-state index contributed by atoms with van der Waals surface area (Å²) in [5.74, 6) is -0.698. The molecule has 8 rings (SSSR count). The second-order valence-electron chi connectivity index (χ2n) is 17.7. The molecule has 2 saturated heterocycles. The molecule has 2 heterocycles. The van der Waals surface area contributed by atoms with Gasteiger partial charge < -0.3 is 53.1 Å². The summed E-state index contributed by atoms with van der Waals surface area (Å²) >= 11 is 19.2. The first kappa shape index (κ1) is 55.2. The third kappa shape index (κ3) is 16.5. The van der Waals surface area contributed by atoms with E-state index in [2.05, 4.69) is 5.32 Å². The van der Waals surface area contributed by atoms with E-state index in [0.29, 0.717) is 0 Å².